The van der Waals surface area contributed by atoms with Crippen molar-refractivity contribution in [3.8, 4) is 11.8 Å². The van der Waals surface area contributed by atoms with Gasteiger partial charge in [-0.05, 0) is 49.6 Å². The summed E-state index contributed by atoms with van der Waals surface area (Å²) < 4.78 is 52.6. The van der Waals surface area contributed by atoms with Crippen LogP contribution in [0.2, 0.25) is 5.15 Å². The molecule has 1 fully saturated rings. The fourth-order valence-corrected chi connectivity index (χ4v) is 5.58. The number of methoxy groups -OCH3 is 1. The summed E-state index contributed by atoms with van der Waals surface area (Å²) >= 11 is 5.80. The molecule has 2 heterocycles. The lowest BCUT2D eigenvalue weighted by atomic mass is 10.1. The van der Waals surface area contributed by atoms with Crippen LogP contribution in [0.25, 0.3) is 0 Å². The number of sulfonamides is 1. The van der Waals surface area contributed by atoms with Gasteiger partial charge in [-0.15, -0.1) is 0 Å². The van der Waals surface area contributed by atoms with E-state index in [-0.39, 0.29) is 35.6 Å². The van der Waals surface area contributed by atoms with Crippen molar-refractivity contribution in [1.82, 2.24) is 14.3 Å². The van der Waals surface area contributed by atoms with Crippen molar-refractivity contribution in [2.75, 3.05) is 20.3 Å². The van der Waals surface area contributed by atoms with E-state index < -0.39 is 22.2 Å². The normalized spacial score (nSPS) is 20.3. The molecule has 152 valence electrons. The average Bonchev–Trinajstić information content (AvgIpc) is 3.01. The first-order chi connectivity index (χ1) is 13.2. The van der Waals surface area contributed by atoms with E-state index in [1.165, 1.54) is 19.4 Å². The van der Waals surface area contributed by atoms with Gasteiger partial charge in [0.25, 0.3) is 0 Å². The van der Waals surface area contributed by atoms with Crippen molar-refractivity contribution in [3.63, 3.8) is 0 Å². The van der Waals surface area contributed by atoms with Crippen molar-refractivity contribution < 1.29 is 22.3 Å². The molecule has 1 saturated heterocycles. The van der Waals surface area contributed by atoms with Crippen molar-refractivity contribution in [2.24, 2.45) is 0 Å². The number of hydrogen-bond donors (Lipinski definition) is 0. The van der Waals surface area contributed by atoms with Gasteiger partial charge in [0.1, 0.15) is 23.7 Å². The molecule has 10 heteroatoms. The van der Waals surface area contributed by atoms with Gasteiger partial charge in [-0.1, -0.05) is 11.6 Å². The number of benzene rings is 1. The first-order valence-corrected chi connectivity index (χ1v) is 10.5. The molecule has 0 N–H and O–H groups in total. The molecule has 7 nitrogen and oxygen atoms in total. The van der Waals surface area contributed by atoms with E-state index in [1.807, 2.05) is 0 Å². The number of alkyl halides is 1. The van der Waals surface area contributed by atoms with Crippen LogP contribution in [0.1, 0.15) is 17.5 Å². The highest BCUT2D eigenvalue weighted by atomic mass is 35.5. The SMILES string of the molecule is COc1cc(C)c(S(=O)(=O)N2C[C@H](F)CC2COc2nccc(Cl)n2)c(C)c1. The summed E-state index contributed by atoms with van der Waals surface area (Å²) in [5, 5.41) is 0.203. The minimum Gasteiger partial charge on any atom is -0.497 e. The second-order valence-corrected chi connectivity index (χ2v) is 8.84. The molecule has 0 saturated carbocycles. The van der Waals surface area contributed by atoms with E-state index in [1.54, 1.807) is 26.0 Å². The fraction of sp³-hybridized carbons (Fsp3) is 0.444. The van der Waals surface area contributed by atoms with Crippen LogP contribution in [0.3, 0.4) is 0 Å². The Kier molecular flexibility index (Phi) is 6.07. The zero-order valence-electron chi connectivity index (χ0n) is 15.7. The maximum atomic E-state index is 14.1. The van der Waals surface area contributed by atoms with Crippen LogP contribution in [-0.2, 0) is 10.0 Å². The Morgan fingerprint density at radius 2 is 2.00 bits per heavy atom. The third kappa shape index (κ3) is 4.21. The Balaban J connectivity index is 1.87. The number of rotatable bonds is 6. The monoisotopic (exact) mass is 429 g/mol. The predicted molar refractivity (Wildman–Crippen MR) is 102 cm³/mol. The predicted octanol–water partition coefficient (Wildman–Crippen LogP) is 2.94. The van der Waals surface area contributed by atoms with Crippen LogP contribution in [0, 0.1) is 13.8 Å². The summed E-state index contributed by atoms with van der Waals surface area (Å²) in [6.45, 7) is 3.08. The molecule has 2 aromatic rings. The van der Waals surface area contributed by atoms with Gasteiger partial charge in [-0.3, -0.25) is 0 Å². The first-order valence-electron chi connectivity index (χ1n) is 8.65. The summed E-state index contributed by atoms with van der Waals surface area (Å²) in [6, 6.07) is 4.13. The van der Waals surface area contributed by atoms with E-state index in [0.29, 0.717) is 16.9 Å². The quantitative estimate of drug-likeness (QED) is 0.657. The van der Waals surface area contributed by atoms with Crippen molar-refractivity contribution >= 4 is 21.6 Å². The molecule has 1 aliphatic rings. The van der Waals surface area contributed by atoms with Gasteiger partial charge in [0.05, 0.1) is 18.0 Å². The Labute approximate surface area is 168 Å². The number of nitrogens with zero attached hydrogens (tertiary/aromatic N) is 3. The number of aromatic nitrogens is 2. The van der Waals surface area contributed by atoms with Gasteiger partial charge in [0.15, 0.2) is 0 Å². The van der Waals surface area contributed by atoms with Gasteiger partial charge < -0.3 is 9.47 Å². The fourth-order valence-electron chi connectivity index (χ4n) is 3.39. The van der Waals surface area contributed by atoms with Gasteiger partial charge in [0.2, 0.25) is 10.0 Å². The molecule has 28 heavy (non-hydrogen) atoms. The molecular weight excluding hydrogens is 409 g/mol. The molecule has 0 radical (unpaired) electrons. The van der Waals surface area contributed by atoms with Gasteiger partial charge in [-0.25, -0.2) is 17.8 Å². The molecule has 0 spiro atoms. The smallest absolute Gasteiger partial charge is 0.317 e. The number of halogens is 2. The van der Waals surface area contributed by atoms with Crippen molar-refractivity contribution in [1.29, 1.82) is 0 Å². The van der Waals surface area contributed by atoms with Gasteiger partial charge in [-0.2, -0.15) is 9.29 Å². The molecule has 0 amide bonds. The van der Waals surface area contributed by atoms with E-state index in [4.69, 9.17) is 21.1 Å². The lowest BCUT2D eigenvalue weighted by Gasteiger charge is -2.25. The van der Waals surface area contributed by atoms with Crippen LogP contribution < -0.4 is 9.47 Å². The van der Waals surface area contributed by atoms with Gasteiger partial charge >= 0.3 is 6.01 Å². The molecule has 3 rings (SSSR count). The molecule has 1 aromatic heterocycles. The molecule has 1 unspecified atom stereocenters. The lowest BCUT2D eigenvalue weighted by molar-refractivity contribution is 0.217. The van der Waals surface area contributed by atoms with Crippen LogP contribution in [0.15, 0.2) is 29.3 Å². The second kappa shape index (κ2) is 8.18. The van der Waals surface area contributed by atoms with Crippen molar-refractivity contribution in [3.05, 3.63) is 40.7 Å². The maximum Gasteiger partial charge on any atom is 0.317 e. The van der Waals surface area contributed by atoms with Crippen molar-refractivity contribution in [2.45, 2.75) is 37.4 Å². The summed E-state index contributed by atoms with van der Waals surface area (Å²) in [5.74, 6) is 0.566. The zero-order valence-corrected chi connectivity index (χ0v) is 17.3. The number of hydrogen-bond acceptors (Lipinski definition) is 6. The zero-order chi connectivity index (χ0) is 20.5. The minimum absolute atomic E-state index is 0.0176. The van der Waals surface area contributed by atoms with E-state index in [2.05, 4.69) is 9.97 Å². The average molecular weight is 430 g/mol. The van der Waals surface area contributed by atoms with Crippen LogP contribution >= 0.6 is 11.6 Å². The summed E-state index contributed by atoms with van der Waals surface area (Å²) in [6.07, 6.45) is 0.187. The summed E-state index contributed by atoms with van der Waals surface area (Å²) in [7, 11) is -2.41. The molecular formula is C18H21ClFN3O4S. The first kappa shape index (κ1) is 20.8. The third-order valence-corrected chi connectivity index (χ3v) is 6.99. The lowest BCUT2D eigenvalue weighted by Crippen LogP contribution is -2.39. The topological polar surface area (TPSA) is 81.6 Å². The van der Waals surface area contributed by atoms with Crippen LogP contribution in [-0.4, -0.2) is 55.2 Å². The summed E-state index contributed by atoms with van der Waals surface area (Å²) in [5.41, 5.74) is 1.08. The molecule has 0 bridgehead atoms. The molecule has 1 aliphatic heterocycles. The standard InChI is InChI=1S/C18H21ClFN3O4S/c1-11-6-15(26-3)7-12(2)17(11)28(24,25)23-9-13(20)8-14(23)10-27-18-21-5-4-16(19)22-18/h4-7,13-14H,8-10H2,1-3H3/t13-,14?/m1/s1. The van der Waals surface area contributed by atoms with Crippen LogP contribution in [0.5, 0.6) is 11.8 Å². The highest BCUT2D eigenvalue weighted by Crippen LogP contribution is 2.33. The Morgan fingerprint density at radius 3 is 2.61 bits per heavy atom. The number of ether oxygens (including phenoxy) is 2. The maximum absolute atomic E-state index is 14.1. The third-order valence-electron chi connectivity index (χ3n) is 4.55. The van der Waals surface area contributed by atoms with E-state index >= 15 is 0 Å². The highest BCUT2D eigenvalue weighted by molar-refractivity contribution is 7.89. The number of aryl methyl sites for hydroxylation is 2. The second-order valence-electron chi connectivity index (χ2n) is 6.62. The van der Waals surface area contributed by atoms with E-state index in [0.717, 1.165) is 4.31 Å². The Morgan fingerprint density at radius 1 is 1.32 bits per heavy atom. The molecule has 2 atom stereocenters. The van der Waals surface area contributed by atoms with E-state index in [9.17, 15) is 12.8 Å². The highest BCUT2D eigenvalue weighted by Gasteiger charge is 2.42. The Hall–Kier alpha value is -1.97. The summed E-state index contributed by atoms with van der Waals surface area (Å²) in [4.78, 5) is 7.98. The largest absolute Gasteiger partial charge is 0.497 e. The van der Waals surface area contributed by atoms with Crippen LogP contribution in [0.4, 0.5) is 4.39 Å². The Bertz CT molecular complexity index is 950. The molecule has 0 aliphatic carbocycles. The minimum atomic E-state index is -3.93. The molecule has 1 aromatic carbocycles. The van der Waals surface area contributed by atoms with Gasteiger partial charge in [0, 0.05) is 12.7 Å².